The van der Waals surface area contributed by atoms with Crippen LogP contribution in [0.15, 0.2) is 23.7 Å². The van der Waals surface area contributed by atoms with E-state index in [4.69, 9.17) is 27.9 Å². The van der Waals surface area contributed by atoms with Gasteiger partial charge >= 0.3 is 0 Å². The smallest absolute Gasteiger partial charge is 0.293 e. The van der Waals surface area contributed by atoms with Crippen LogP contribution in [0.4, 0.5) is 0 Å². The van der Waals surface area contributed by atoms with E-state index in [0.29, 0.717) is 24.1 Å². The van der Waals surface area contributed by atoms with E-state index in [0.717, 1.165) is 0 Å². The molecule has 1 aromatic carbocycles. The van der Waals surface area contributed by atoms with Crippen molar-refractivity contribution in [2.24, 2.45) is 0 Å². The Morgan fingerprint density at radius 1 is 1.39 bits per heavy atom. The van der Waals surface area contributed by atoms with Gasteiger partial charge in [-0.25, -0.2) is 0 Å². The molecule has 0 saturated heterocycles. The zero-order chi connectivity index (χ0) is 17.1. The van der Waals surface area contributed by atoms with Gasteiger partial charge in [0.05, 0.1) is 16.7 Å². The van der Waals surface area contributed by atoms with Crippen LogP contribution in [0.2, 0.25) is 10.0 Å². The molecule has 0 spiro atoms. The number of fused-ring (bicyclic) bond motifs is 1. The van der Waals surface area contributed by atoms with Crippen LogP contribution < -0.4 is 0 Å². The highest BCUT2D eigenvalue weighted by Gasteiger charge is 2.41. The summed E-state index contributed by atoms with van der Waals surface area (Å²) in [6.07, 6.45) is 0.700. The molecule has 0 radical (unpaired) electrons. The fourth-order valence-electron chi connectivity index (χ4n) is 2.64. The molecule has 1 atom stereocenters. The summed E-state index contributed by atoms with van der Waals surface area (Å²) in [5.74, 6) is -0.727. The second-order valence-electron chi connectivity index (χ2n) is 5.02. The van der Waals surface area contributed by atoms with Crippen molar-refractivity contribution >= 4 is 29.1 Å². The van der Waals surface area contributed by atoms with E-state index in [1.807, 2.05) is 13.0 Å². The number of aliphatic hydroxyl groups excluding tert-OH is 1. The molecule has 0 bridgehead atoms. The van der Waals surface area contributed by atoms with E-state index in [2.05, 4.69) is 0 Å². The van der Waals surface area contributed by atoms with E-state index in [9.17, 15) is 15.2 Å². The lowest BCUT2D eigenvalue weighted by molar-refractivity contribution is 0.0715. The van der Waals surface area contributed by atoms with Gasteiger partial charge in [-0.3, -0.25) is 4.79 Å². The first-order valence-corrected chi connectivity index (χ1v) is 7.97. The van der Waals surface area contributed by atoms with Crippen molar-refractivity contribution < 1.29 is 14.6 Å². The maximum absolute atomic E-state index is 12.6. The van der Waals surface area contributed by atoms with Gasteiger partial charge in [0.25, 0.3) is 11.9 Å². The molecule has 1 heterocycles. The lowest BCUT2D eigenvalue weighted by Gasteiger charge is -2.24. The van der Waals surface area contributed by atoms with Crippen LogP contribution >= 0.6 is 23.2 Å². The van der Waals surface area contributed by atoms with Gasteiger partial charge in [-0.2, -0.15) is 5.26 Å². The molecule has 0 saturated carbocycles. The predicted octanol–water partition coefficient (Wildman–Crippen LogP) is 4.23. The molecular formula is C16H16Cl2N2O3. The minimum Gasteiger partial charge on any atom is -0.480 e. The normalized spacial score (nSPS) is 17.6. The number of nitriles is 1. The third kappa shape index (κ3) is 3.10. The average molecular weight is 355 g/mol. The molecule has 2 rings (SSSR count). The van der Waals surface area contributed by atoms with Gasteiger partial charge in [0.2, 0.25) is 0 Å². The van der Waals surface area contributed by atoms with Crippen LogP contribution in [-0.4, -0.2) is 29.1 Å². The SMILES string of the molecule is CCCN1C(=O)c2cc(Cl)c(Cl)cc2C1/C(C#N)=C(/O)OCC. The lowest BCUT2D eigenvalue weighted by atomic mass is 9.99. The first-order valence-electron chi connectivity index (χ1n) is 7.22. The third-order valence-electron chi connectivity index (χ3n) is 3.56. The number of halogens is 2. The number of hydrogen-bond donors (Lipinski definition) is 1. The van der Waals surface area contributed by atoms with Crippen LogP contribution in [0, 0.1) is 11.3 Å². The largest absolute Gasteiger partial charge is 0.480 e. The van der Waals surface area contributed by atoms with Crippen molar-refractivity contribution in [3.05, 3.63) is 44.8 Å². The molecule has 23 heavy (non-hydrogen) atoms. The number of benzene rings is 1. The van der Waals surface area contributed by atoms with Gasteiger partial charge in [-0.05, 0) is 31.0 Å². The standard InChI is InChI=1S/C16H16Cl2N2O3/c1-3-5-20-14(11(8-19)16(22)23-4-2)9-6-12(17)13(18)7-10(9)15(20)21/h6-7,14,22H,3-5H2,1-2H3/b16-11-. The predicted molar refractivity (Wildman–Crippen MR) is 87.4 cm³/mol. The van der Waals surface area contributed by atoms with Crippen LogP contribution in [0.3, 0.4) is 0 Å². The van der Waals surface area contributed by atoms with Gasteiger partial charge in [0, 0.05) is 12.1 Å². The number of nitrogens with zero attached hydrogens (tertiary/aromatic N) is 2. The number of hydrogen-bond acceptors (Lipinski definition) is 4. The van der Waals surface area contributed by atoms with Crippen LogP contribution in [0.25, 0.3) is 0 Å². The van der Waals surface area contributed by atoms with Crippen LogP contribution in [0.1, 0.15) is 42.2 Å². The third-order valence-corrected chi connectivity index (χ3v) is 4.28. The summed E-state index contributed by atoms with van der Waals surface area (Å²) in [6.45, 7) is 4.25. The molecule has 0 aromatic heterocycles. The summed E-state index contributed by atoms with van der Waals surface area (Å²) < 4.78 is 5.05. The monoisotopic (exact) mass is 354 g/mol. The highest BCUT2D eigenvalue weighted by atomic mass is 35.5. The topological polar surface area (TPSA) is 73.6 Å². The molecule has 1 aromatic rings. The Bertz CT molecular complexity index is 710. The molecule has 1 unspecified atom stereocenters. The summed E-state index contributed by atoms with van der Waals surface area (Å²) in [6, 6.07) is 4.28. The van der Waals surface area contributed by atoms with Crippen molar-refractivity contribution in [2.75, 3.05) is 13.2 Å². The van der Waals surface area contributed by atoms with Crippen molar-refractivity contribution in [1.82, 2.24) is 4.90 Å². The minimum atomic E-state index is -0.733. The molecule has 1 aliphatic heterocycles. The van der Waals surface area contributed by atoms with Gasteiger partial charge in [-0.1, -0.05) is 30.1 Å². The number of carbonyl (C=O) groups is 1. The first-order chi connectivity index (χ1) is 11.0. The van der Waals surface area contributed by atoms with Crippen molar-refractivity contribution in [2.45, 2.75) is 26.3 Å². The number of aliphatic hydroxyl groups is 1. The van der Waals surface area contributed by atoms with Crippen LogP contribution in [-0.2, 0) is 4.74 Å². The minimum absolute atomic E-state index is 0.0224. The Kier molecular flexibility index (Phi) is 5.40. The molecular weight excluding hydrogens is 339 g/mol. The van der Waals surface area contributed by atoms with Crippen molar-refractivity contribution in [1.29, 1.82) is 5.26 Å². The van der Waals surface area contributed by atoms with Gasteiger partial charge in [-0.15, -0.1) is 0 Å². The lowest BCUT2D eigenvalue weighted by Crippen LogP contribution is -2.30. The van der Waals surface area contributed by atoms with Gasteiger partial charge < -0.3 is 14.7 Å². The Labute approximate surface area is 144 Å². The zero-order valence-corrected chi connectivity index (χ0v) is 14.3. The number of amides is 1. The summed E-state index contributed by atoms with van der Waals surface area (Å²) in [5, 5.41) is 20.0. The Balaban J connectivity index is 2.65. The van der Waals surface area contributed by atoms with E-state index in [1.165, 1.54) is 11.0 Å². The molecule has 1 amide bonds. The van der Waals surface area contributed by atoms with Gasteiger partial charge in [0.1, 0.15) is 17.7 Å². The molecule has 122 valence electrons. The first kappa shape index (κ1) is 17.5. The molecule has 0 fully saturated rings. The molecule has 1 aliphatic rings. The van der Waals surface area contributed by atoms with Crippen molar-refractivity contribution in [3.63, 3.8) is 0 Å². The molecule has 7 heteroatoms. The van der Waals surface area contributed by atoms with E-state index in [-0.39, 0.29) is 28.1 Å². The van der Waals surface area contributed by atoms with Crippen LogP contribution in [0.5, 0.6) is 0 Å². The Hall–Kier alpha value is -1.90. The number of carbonyl (C=O) groups excluding carboxylic acids is 1. The molecule has 1 N–H and O–H groups in total. The second-order valence-corrected chi connectivity index (χ2v) is 5.83. The maximum atomic E-state index is 12.6. The zero-order valence-electron chi connectivity index (χ0n) is 12.8. The number of ether oxygens (including phenoxy) is 1. The quantitative estimate of drug-likeness (QED) is 0.634. The molecule has 0 aliphatic carbocycles. The Morgan fingerprint density at radius 3 is 2.61 bits per heavy atom. The average Bonchev–Trinajstić information content (AvgIpc) is 2.75. The van der Waals surface area contributed by atoms with Gasteiger partial charge in [0.15, 0.2) is 0 Å². The molecule has 5 nitrogen and oxygen atoms in total. The fraction of sp³-hybridized carbons (Fsp3) is 0.375. The van der Waals surface area contributed by atoms with Crippen molar-refractivity contribution in [3.8, 4) is 6.07 Å². The van der Waals surface area contributed by atoms with E-state index in [1.54, 1.807) is 13.0 Å². The fourth-order valence-corrected chi connectivity index (χ4v) is 2.97. The summed E-state index contributed by atoms with van der Waals surface area (Å²) >= 11 is 12.1. The second kappa shape index (κ2) is 7.12. The van der Waals surface area contributed by atoms with E-state index < -0.39 is 12.0 Å². The maximum Gasteiger partial charge on any atom is 0.293 e. The summed E-state index contributed by atoms with van der Waals surface area (Å²) in [5.41, 5.74) is 0.904. The highest BCUT2D eigenvalue weighted by molar-refractivity contribution is 6.42. The summed E-state index contributed by atoms with van der Waals surface area (Å²) in [4.78, 5) is 14.2. The Morgan fingerprint density at radius 2 is 2.04 bits per heavy atom. The van der Waals surface area contributed by atoms with E-state index >= 15 is 0 Å². The summed E-state index contributed by atoms with van der Waals surface area (Å²) in [7, 11) is 0. The number of rotatable bonds is 5. The highest BCUT2D eigenvalue weighted by Crippen LogP contribution is 2.42.